The fraction of sp³-hybridized carbons (Fsp3) is 0.857. The molecule has 1 aromatic heterocycles. The Kier molecular flexibility index (Phi) is 3.94. The second-order valence-corrected chi connectivity index (χ2v) is 6.02. The van der Waals surface area contributed by atoms with Crippen LogP contribution in [0, 0.1) is 0 Å². The van der Waals surface area contributed by atoms with Crippen LogP contribution in [0.15, 0.2) is 4.42 Å². The fourth-order valence-electron chi connectivity index (χ4n) is 3.41. The molecule has 0 amide bonds. The Morgan fingerprint density at radius 2 is 2.05 bits per heavy atom. The summed E-state index contributed by atoms with van der Waals surface area (Å²) in [6.45, 7) is 5.12. The standard InChI is InChI=1S/C14H24N4O2/c1-3-6-15-9(2)13-16-17-14(20-13)18-10-4-5-11(18)8-12(19)7-10/h9-12,15,19H,3-8H2,1-2H3. The third kappa shape index (κ3) is 2.54. The molecule has 3 unspecified atom stereocenters. The lowest BCUT2D eigenvalue weighted by Gasteiger charge is -2.35. The molecule has 2 saturated heterocycles. The average Bonchev–Trinajstić information content (AvgIpc) is 2.99. The summed E-state index contributed by atoms with van der Waals surface area (Å²) in [4.78, 5) is 2.23. The summed E-state index contributed by atoms with van der Waals surface area (Å²) in [5.41, 5.74) is 0. The first-order chi connectivity index (χ1) is 9.69. The topological polar surface area (TPSA) is 74.4 Å². The van der Waals surface area contributed by atoms with Gasteiger partial charge in [0.05, 0.1) is 12.1 Å². The number of aliphatic hydroxyl groups is 1. The predicted molar refractivity (Wildman–Crippen MR) is 75.5 cm³/mol. The average molecular weight is 280 g/mol. The highest BCUT2D eigenvalue weighted by molar-refractivity contribution is 5.33. The zero-order chi connectivity index (χ0) is 14.1. The molecule has 2 N–H and O–H groups in total. The Bertz CT molecular complexity index is 436. The van der Waals surface area contributed by atoms with E-state index in [4.69, 9.17) is 4.42 Å². The number of nitrogens with one attached hydrogen (secondary N) is 1. The van der Waals surface area contributed by atoms with Crippen LogP contribution >= 0.6 is 0 Å². The van der Waals surface area contributed by atoms with E-state index in [1.165, 1.54) is 0 Å². The second kappa shape index (κ2) is 5.69. The molecular weight excluding hydrogens is 256 g/mol. The van der Waals surface area contributed by atoms with Crippen molar-refractivity contribution >= 4 is 6.01 Å². The number of piperidine rings is 1. The van der Waals surface area contributed by atoms with Gasteiger partial charge in [0.1, 0.15) is 0 Å². The van der Waals surface area contributed by atoms with Crippen molar-refractivity contribution in [3.05, 3.63) is 5.89 Å². The van der Waals surface area contributed by atoms with Gasteiger partial charge in [-0.3, -0.25) is 0 Å². The molecule has 112 valence electrons. The molecule has 0 spiro atoms. The molecule has 2 aliphatic heterocycles. The highest BCUT2D eigenvalue weighted by Crippen LogP contribution is 2.38. The highest BCUT2D eigenvalue weighted by Gasteiger charge is 2.42. The van der Waals surface area contributed by atoms with Crippen LogP contribution in [0.1, 0.15) is 57.9 Å². The van der Waals surface area contributed by atoms with Gasteiger partial charge in [-0.2, -0.15) is 0 Å². The van der Waals surface area contributed by atoms with Crippen molar-refractivity contribution in [2.45, 2.75) is 70.2 Å². The molecule has 20 heavy (non-hydrogen) atoms. The van der Waals surface area contributed by atoms with Crippen molar-refractivity contribution in [2.24, 2.45) is 0 Å². The maximum Gasteiger partial charge on any atom is 0.318 e. The van der Waals surface area contributed by atoms with Crippen LogP contribution in [0.5, 0.6) is 0 Å². The van der Waals surface area contributed by atoms with Crippen molar-refractivity contribution in [2.75, 3.05) is 11.4 Å². The van der Waals surface area contributed by atoms with Crippen LogP contribution in [0.4, 0.5) is 6.01 Å². The molecule has 0 aromatic carbocycles. The van der Waals surface area contributed by atoms with Gasteiger partial charge < -0.3 is 19.7 Å². The van der Waals surface area contributed by atoms with Gasteiger partial charge in [0, 0.05) is 12.1 Å². The summed E-state index contributed by atoms with van der Waals surface area (Å²) >= 11 is 0. The van der Waals surface area contributed by atoms with Crippen LogP contribution in [-0.2, 0) is 0 Å². The molecule has 3 heterocycles. The molecule has 2 aliphatic rings. The number of aromatic nitrogens is 2. The zero-order valence-electron chi connectivity index (χ0n) is 12.2. The molecule has 6 nitrogen and oxygen atoms in total. The summed E-state index contributed by atoms with van der Waals surface area (Å²) in [7, 11) is 0. The van der Waals surface area contributed by atoms with Crippen molar-refractivity contribution < 1.29 is 9.52 Å². The van der Waals surface area contributed by atoms with Crippen LogP contribution < -0.4 is 10.2 Å². The first-order valence-corrected chi connectivity index (χ1v) is 7.72. The SMILES string of the molecule is CCCNC(C)c1nnc(N2C3CCC2CC(O)C3)o1. The quantitative estimate of drug-likeness (QED) is 0.854. The Labute approximate surface area is 119 Å². The maximum atomic E-state index is 9.84. The van der Waals surface area contributed by atoms with Gasteiger partial charge in [0.2, 0.25) is 5.89 Å². The molecule has 3 rings (SSSR count). The second-order valence-electron chi connectivity index (χ2n) is 6.02. The molecule has 6 heteroatoms. The summed E-state index contributed by atoms with van der Waals surface area (Å²) in [6, 6.07) is 1.43. The first-order valence-electron chi connectivity index (χ1n) is 7.72. The van der Waals surface area contributed by atoms with E-state index in [0.29, 0.717) is 24.0 Å². The minimum Gasteiger partial charge on any atom is -0.406 e. The molecular formula is C14H24N4O2. The monoisotopic (exact) mass is 280 g/mol. The lowest BCUT2D eigenvalue weighted by Crippen LogP contribution is -2.45. The third-order valence-electron chi connectivity index (χ3n) is 4.43. The number of aliphatic hydroxyl groups excluding tert-OH is 1. The van der Waals surface area contributed by atoms with Gasteiger partial charge in [-0.1, -0.05) is 12.0 Å². The van der Waals surface area contributed by atoms with E-state index in [1.54, 1.807) is 0 Å². The predicted octanol–water partition coefficient (Wildman–Crippen LogP) is 1.62. The molecule has 2 bridgehead atoms. The van der Waals surface area contributed by atoms with E-state index < -0.39 is 0 Å². The minimum absolute atomic E-state index is 0.0873. The van der Waals surface area contributed by atoms with Crippen LogP contribution in [-0.4, -0.2) is 40.0 Å². The van der Waals surface area contributed by atoms with Crippen LogP contribution in [0.2, 0.25) is 0 Å². The molecule has 3 atom stereocenters. The number of fused-ring (bicyclic) bond motifs is 2. The summed E-state index contributed by atoms with van der Waals surface area (Å²) in [5, 5.41) is 21.6. The van der Waals surface area contributed by atoms with Crippen LogP contribution in [0.3, 0.4) is 0 Å². The summed E-state index contributed by atoms with van der Waals surface area (Å²) in [6.07, 6.45) is 4.78. The fourth-order valence-corrected chi connectivity index (χ4v) is 3.41. The summed E-state index contributed by atoms with van der Waals surface area (Å²) in [5.74, 6) is 0.652. The van der Waals surface area contributed by atoms with Crippen molar-refractivity contribution in [1.29, 1.82) is 0 Å². The van der Waals surface area contributed by atoms with Gasteiger partial charge in [-0.05, 0) is 45.6 Å². The Morgan fingerprint density at radius 3 is 2.70 bits per heavy atom. The maximum absolute atomic E-state index is 9.84. The van der Waals surface area contributed by atoms with E-state index in [-0.39, 0.29) is 12.1 Å². The number of hydrogen-bond donors (Lipinski definition) is 2. The van der Waals surface area contributed by atoms with E-state index in [2.05, 4.69) is 27.3 Å². The van der Waals surface area contributed by atoms with E-state index in [1.807, 2.05) is 6.92 Å². The van der Waals surface area contributed by atoms with E-state index >= 15 is 0 Å². The van der Waals surface area contributed by atoms with Gasteiger partial charge in [-0.25, -0.2) is 0 Å². The van der Waals surface area contributed by atoms with Gasteiger partial charge in [0.25, 0.3) is 0 Å². The molecule has 0 saturated carbocycles. The highest BCUT2D eigenvalue weighted by atomic mass is 16.4. The summed E-state index contributed by atoms with van der Waals surface area (Å²) < 4.78 is 5.86. The molecule has 2 fully saturated rings. The van der Waals surface area contributed by atoms with E-state index in [0.717, 1.165) is 38.6 Å². The van der Waals surface area contributed by atoms with Crippen molar-refractivity contribution in [3.63, 3.8) is 0 Å². The number of hydrogen-bond acceptors (Lipinski definition) is 6. The minimum atomic E-state index is -0.170. The zero-order valence-corrected chi connectivity index (χ0v) is 12.2. The molecule has 0 radical (unpaired) electrons. The Hall–Kier alpha value is -1.14. The normalized spacial score (nSPS) is 30.8. The van der Waals surface area contributed by atoms with E-state index in [9.17, 15) is 5.11 Å². The lowest BCUT2D eigenvalue weighted by atomic mass is 10.0. The van der Waals surface area contributed by atoms with Crippen molar-refractivity contribution in [3.8, 4) is 0 Å². The Balaban J connectivity index is 1.71. The van der Waals surface area contributed by atoms with Gasteiger partial charge >= 0.3 is 6.01 Å². The van der Waals surface area contributed by atoms with Gasteiger partial charge in [-0.15, -0.1) is 5.10 Å². The van der Waals surface area contributed by atoms with Gasteiger partial charge in [0.15, 0.2) is 0 Å². The first kappa shape index (κ1) is 13.8. The Morgan fingerprint density at radius 1 is 1.35 bits per heavy atom. The number of nitrogens with zero attached hydrogens (tertiary/aromatic N) is 3. The van der Waals surface area contributed by atoms with Crippen molar-refractivity contribution in [1.82, 2.24) is 15.5 Å². The number of anilines is 1. The van der Waals surface area contributed by atoms with Crippen LogP contribution in [0.25, 0.3) is 0 Å². The lowest BCUT2D eigenvalue weighted by molar-refractivity contribution is 0.124. The smallest absolute Gasteiger partial charge is 0.318 e. The molecule has 0 aliphatic carbocycles. The molecule has 1 aromatic rings. The number of rotatable bonds is 5. The largest absolute Gasteiger partial charge is 0.406 e. The third-order valence-corrected chi connectivity index (χ3v) is 4.43.